The number of anilines is 1. The van der Waals surface area contributed by atoms with Crippen molar-refractivity contribution in [3.63, 3.8) is 0 Å². The number of carbonyl (C=O) groups is 1. The van der Waals surface area contributed by atoms with Gasteiger partial charge in [-0.2, -0.15) is 0 Å². The number of rotatable bonds is 4. The third-order valence-corrected chi connectivity index (χ3v) is 7.17. The van der Waals surface area contributed by atoms with Crippen LogP contribution in [0, 0.1) is 11.6 Å². The number of hydrogen-bond donors (Lipinski definition) is 2. The van der Waals surface area contributed by atoms with Gasteiger partial charge in [0.15, 0.2) is 9.84 Å². The maximum atomic E-state index is 14.4. The van der Waals surface area contributed by atoms with Crippen molar-refractivity contribution < 1.29 is 22.0 Å². The van der Waals surface area contributed by atoms with Gasteiger partial charge < -0.3 is 11.1 Å². The van der Waals surface area contributed by atoms with Crippen molar-refractivity contribution in [3.05, 3.63) is 59.4 Å². The lowest BCUT2D eigenvalue weighted by Gasteiger charge is -2.33. The Labute approximate surface area is 167 Å². The Morgan fingerprint density at radius 1 is 1.28 bits per heavy atom. The average Bonchev–Trinajstić information content (AvgIpc) is 2.65. The van der Waals surface area contributed by atoms with Crippen LogP contribution in [0.5, 0.6) is 0 Å². The number of amides is 1. The maximum absolute atomic E-state index is 14.4. The smallest absolute Gasteiger partial charge is 0.274 e. The molecule has 1 aliphatic rings. The molecule has 1 aromatic heterocycles. The molecule has 2 aromatic rings. The predicted octanol–water partition coefficient (Wildman–Crippen LogP) is 2.61. The number of aromatic nitrogens is 1. The lowest BCUT2D eigenvalue weighted by Crippen LogP contribution is -2.49. The number of benzene rings is 1. The molecule has 2 atom stereocenters. The SMILES string of the molecule is C[C@]1(S(C)(=O)=O)CCC(c2cc(NC(=O)c3ccc(F)cn3)ccc2F)N=C1N. The van der Waals surface area contributed by atoms with Gasteiger partial charge in [0.2, 0.25) is 0 Å². The number of nitrogens with zero attached hydrogens (tertiary/aromatic N) is 2. The van der Waals surface area contributed by atoms with Gasteiger partial charge in [0.1, 0.15) is 27.9 Å². The number of halogens is 2. The Bertz CT molecular complexity index is 1090. The van der Waals surface area contributed by atoms with Crippen molar-refractivity contribution >= 4 is 27.3 Å². The zero-order chi connectivity index (χ0) is 21.4. The minimum Gasteiger partial charge on any atom is -0.386 e. The van der Waals surface area contributed by atoms with Crippen LogP contribution in [0.15, 0.2) is 41.5 Å². The second-order valence-electron chi connectivity index (χ2n) is 7.12. The highest BCUT2D eigenvalue weighted by molar-refractivity contribution is 7.92. The molecule has 1 unspecified atom stereocenters. The summed E-state index contributed by atoms with van der Waals surface area (Å²) in [6.07, 6.45) is 2.48. The Morgan fingerprint density at radius 3 is 2.59 bits per heavy atom. The summed E-state index contributed by atoms with van der Waals surface area (Å²) in [4.78, 5) is 20.2. The first-order chi connectivity index (χ1) is 13.5. The van der Waals surface area contributed by atoms with Gasteiger partial charge >= 0.3 is 0 Å². The van der Waals surface area contributed by atoms with Crippen LogP contribution in [-0.4, -0.2) is 36.1 Å². The Hall–Kier alpha value is -2.88. The highest BCUT2D eigenvalue weighted by Crippen LogP contribution is 2.37. The molecule has 0 aliphatic carbocycles. The summed E-state index contributed by atoms with van der Waals surface area (Å²) < 4.78 is 50.2. The number of amidine groups is 1. The topological polar surface area (TPSA) is 115 Å². The van der Waals surface area contributed by atoms with Crippen LogP contribution in [0.2, 0.25) is 0 Å². The summed E-state index contributed by atoms with van der Waals surface area (Å²) in [5.41, 5.74) is 6.41. The summed E-state index contributed by atoms with van der Waals surface area (Å²) in [6.45, 7) is 1.50. The van der Waals surface area contributed by atoms with Gasteiger partial charge in [0.25, 0.3) is 5.91 Å². The van der Waals surface area contributed by atoms with E-state index in [9.17, 15) is 22.0 Å². The number of carbonyl (C=O) groups excluding carboxylic acids is 1. The number of pyridine rings is 1. The molecule has 3 rings (SSSR count). The molecular weight excluding hydrogens is 402 g/mol. The van der Waals surface area contributed by atoms with Gasteiger partial charge in [-0.25, -0.2) is 22.2 Å². The molecule has 1 aliphatic heterocycles. The summed E-state index contributed by atoms with van der Waals surface area (Å²) in [7, 11) is -3.49. The van der Waals surface area contributed by atoms with Crippen molar-refractivity contribution in [3.8, 4) is 0 Å². The van der Waals surface area contributed by atoms with E-state index in [-0.39, 0.29) is 29.9 Å². The fraction of sp³-hybridized carbons (Fsp3) is 0.316. The fourth-order valence-corrected chi connectivity index (χ4v) is 4.01. The van der Waals surface area contributed by atoms with Crippen LogP contribution in [0.4, 0.5) is 14.5 Å². The zero-order valence-corrected chi connectivity index (χ0v) is 16.6. The van der Waals surface area contributed by atoms with Crippen LogP contribution in [0.3, 0.4) is 0 Å². The molecule has 0 radical (unpaired) electrons. The summed E-state index contributed by atoms with van der Waals surface area (Å²) >= 11 is 0. The van der Waals surface area contributed by atoms with Gasteiger partial charge in [0.05, 0.1) is 12.2 Å². The van der Waals surface area contributed by atoms with Gasteiger partial charge in [-0.15, -0.1) is 0 Å². The van der Waals surface area contributed by atoms with Gasteiger partial charge in [0, 0.05) is 17.5 Å². The van der Waals surface area contributed by atoms with Crippen LogP contribution in [-0.2, 0) is 9.84 Å². The number of nitrogens with two attached hydrogens (primary N) is 1. The van der Waals surface area contributed by atoms with Crippen molar-refractivity contribution in [2.24, 2.45) is 10.7 Å². The second kappa shape index (κ2) is 7.51. The van der Waals surface area contributed by atoms with Crippen LogP contribution in [0.25, 0.3) is 0 Å². The monoisotopic (exact) mass is 422 g/mol. The molecule has 0 bridgehead atoms. The van der Waals surface area contributed by atoms with Gasteiger partial charge in [-0.05, 0) is 50.1 Å². The van der Waals surface area contributed by atoms with E-state index in [1.165, 1.54) is 31.2 Å². The molecule has 1 aromatic carbocycles. The first-order valence-electron chi connectivity index (χ1n) is 8.77. The van der Waals surface area contributed by atoms with Gasteiger partial charge in [-0.1, -0.05) is 0 Å². The molecule has 2 heterocycles. The first kappa shape index (κ1) is 20.8. The van der Waals surface area contributed by atoms with Crippen molar-refractivity contribution in [2.45, 2.75) is 30.6 Å². The normalized spacial score (nSPS) is 22.1. The number of sulfone groups is 1. The largest absolute Gasteiger partial charge is 0.386 e. The molecule has 7 nitrogen and oxygen atoms in total. The van der Waals surface area contributed by atoms with E-state index in [2.05, 4.69) is 15.3 Å². The molecule has 10 heteroatoms. The summed E-state index contributed by atoms with van der Waals surface area (Å²) in [5, 5.41) is 2.57. The minimum atomic E-state index is -3.49. The molecule has 3 N–H and O–H groups in total. The Balaban J connectivity index is 1.87. The zero-order valence-electron chi connectivity index (χ0n) is 15.8. The number of hydrogen-bond acceptors (Lipinski definition) is 6. The molecule has 1 amide bonds. The molecule has 0 saturated carbocycles. The second-order valence-corrected chi connectivity index (χ2v) is 9.57. The summed E-state index contributed by atoms with van der Waals surface area (Å²) in [6, 6.07) is 5.63. The quantitative estimate of drug-likeness (QED) is 0.786. The number of nitrogens with one attached hydrogen (secondary N) is 1. The molecule has 0 saturated heterocycles. The average molecular weight is 422 g/mol. The molecule has 29 heavy (non-hydrogen) atoms. The van der Waals surface area contributed by atoms with Gasteiger partial charge in [-0.3, -0.25) is 9.79 Å². The van der Waals surface area contributed by atoms with E-state index < -0.39 is 38.2 Å². The van der Waals surface area contributed by atoms with Crippen LogP contribution in [0.1, 0.15) is 41.9 Å². The van der Waals surface area contributed by atoms with Crippen LogP contribution < -0.4 is 11.1 Å². The summed E-state index contributed by atoms with van der Waals surface area (Å²) in [5.74, 6) is -1.77. The van der Waals surface area contributed by atoms with E-state index in [0.29, 0.717) is 5.69 Å². The van der Waals surface area contributed by atoms with Crippen LogP contribution >= 0.6 is 0 Å². The van der Waals surface area contributed by atoms with Crippen molar-refractivity contribution in [1.82, 2.24) is 4.98 Å². The molecule has 0 spiro atoms. The van der Waals surface area contributed by atoms with E-state index in [1.807, 2.05) is 0 Å². The maximum Gasteiger partial charge on any atom is 0.274 e. The first-order valence-corrected chi connectivity index (χ1v) is 10.7. The van der Waals surface area contributed by atoms with E-state index in [0.717, 1.165) is 18.5 Å². The Morgan fingerprint density at radius 2 is 2.00 bits per heavy atom. The predicted molar refractivity (Wildman–Crippen MR) is 105 cm³/mol. The van der Waals surface area contributed by atoms with Crippen molar-refractivity contribution in [1.29, 1.82) is 0 Å². The fourth-order valence-electron chi connectivity index (χ4n) is 3.09. The lowest BCUT2D eigenvalue weighted by atomic mass is 9.91. The third kappa shape index (κ3) is 4.12. The molecule has 0 fully saturated rings. The lowest BCUT2D eigenvalue weighted by molar-refractivity contribution is 0.102. The highest BCUT2D eigenvalue weighted by Gasteiger charge is 2.43. The van der Waals surface area contributed by atoms with E-state index in [4.69, 9.17) is 5.73 Å². The molecular formula is C19H20F2N4O3S. The van der Waals surface area contributed by atoms with E-state index >= 15 is 0 Å². The third-order valence-electron chi connectivity index (χ3n) is 5.12. The standard InChI is InChI=1S/C19H20F2N4O3S/c1-19(29(2,27)28)8-7-15(25-18(19)22)13-9-12(4-5-14(13)21)24-17(26)16-6-3-11(20)10-23-16/h3-6,9-10,15H,7-8H2,1-2H3,(H2,22,25)(H,24,26)/t15?,19-/m0/s1. The van der Waals surface area contributed by atoms with E-state index in [1.54, 1.807) is 0 Å². The minimum absolute atomic E-state index is 0.00104. The Kier molecular flexibility index (Phi) is 5.40. The van der Waals surface area contributed by atoms with Crippen molar-refractivity contribution in [2.75, 3.05) is 11.6 Å². The highest BCUT2D eigenvalue weighted by atomic mass is 32.2. The molecule has 154 valence electrons. The number of aliphatic imine (C=N–C) groups is 1.